The molecule has 6 nitrogen and oxygen atoms in total. The predicted octanol–water partition coefficient (Wildman–Crippen LogP) is 5.85. The van der Waals surface area contributed by atoms with Crippen LogP contribution < -0.4 is 16.2 Å². The molecule has 0 saturated heterocycles. The highest BCUT2D eigenvalue weighted by molar-refractivity contribution is 5.95. The van der Waals surface area contributed by atoms with Crippen LogP contribution in [0.1, 0.15) is 81.7 Å². The number of benzene rings is 2. The largest absolute Gasteiger partial charge is 0.319 e. The Morgan fingerprint density at radius 1 is 0.944 bits per heavy atom. The Labute approximate surface area is 214 Å². The van der Waals surface area contributed by atoms with Crippen molar-refractivity contribution in [2.45, 2.75) is 77.8 Å². The average molecular weight is 489 g/mol. The molecule has 2 aromatic carbocycles. The molecule has 1 aliphatic rings. The van der Waals surface area contributed by atoms with Gasteiger partial charge in [0, 0.05) is 13.1 Å². The van der Waals surface area contributed by atoms with Gasteiger partial charge in [0.1, 0.15) is 5.69 Å². The Kier molecular flexibility index (Phi) is 8.14. The van der Waals surface area contributed by atoms with Crippen LogP contribution in [0.25, 0.3) is 5.69 Å². The number of amides is 1. The molecule has 0 spiro atoms. The molecule has 1 aliphatic carbocycles. The lowest BCUT2D eigenvalue weighted by Gasteiger charge is -2.27. The number of hydrogen-bond donors (Lipinski definition) is 2. The Morgan fingerprint density at radius 3 is 2.19 bits per heavy atom. The number of hydrogen-bond acceptors (Lipinski definition) is 3. The van der Waals surface area contributed by atoms with Gasteiger partial charge < -0.3 is 5.32 Å². The van der Waals surface area contributed by atoms with Crippen LogP contribution in [0.5, 0.6) is 0 Å². The van der Waals surface area contributed by atoms with Gasteiger partial charge in [0.15, 0.2) is 0 Å². The highest BCUT2D eigenvalue weighted by Gasteiger charge is 2.25. The minimum absolute atomic E-state index is 0.0315. The number of carbonyl (C=O) groups excluding carboxylic acids is 1. The van der Waals surface area contributed by atoms with Crippen molar-refractivity contribution in [1.82, 2.24) is 14.7 Å². The van der Waals surface area contributed by atoms with E-state index in [0.717, 1.165) is 5.69 Å². The first kappa shape index (κ1) is 26.0. The number of nitrogens with one attached hydrogen (secondary N) is 2. The molecule has 2 unspecified atom stereocenters. The molecule has 6 heteroatoms. The molecule has 1 heterocycles. The third kappa shape index (κ3) is 5.49. The molecule has 0 aliphatic heterocycles. The first-order valence-corrected chi connectivity index (χ1v) is 13.3. The summed E-state index contributed by atoms with van der Waals surface area (Å²) in [6, 6.07) is 18.0. The molecule has 1 aromatic heterocycles. The van der Waals surface area contributed by atoms with E-state index in [1.54, 1.807) is 9.36 Å². The maximum Gasteiger partial charge on any atom is 0.295 e. The average Bonchev–Trinajstić information content (AvgIpc) is 3.10. The molecular formula is C30H40N4O2. The van der Waals surface area contributed by atoms with E-state index >= 15 is 0 Å². The summed E-state index contributed by atoms with van der Waals surface area (Å²) >= 11 is 0. The topological polar surface area (TPSA) is 68.1 Å². The molecule has 3 aromatic rings. The molecule has 2 atom stereocenters. The zero-order chi connectivity index (χ0) is 25.8. The van der Waals surface area contributed by atoms with E-state index in [1.165, 1.54) is 43.2 Å². The standard InChI is InChI=1S/C30H40N4O2/c1-20(2)27(25-18-16-24(17-19-25)23-12-8-6-9-13-23)31-21(3)29(35)32-28-22(4)33(5)34(30(28)36)26-14-10-7-11-15-26/h7,10-11,14-21,23,27,31H,6,8-9,12-13H2,1-5H3,(H,32,35). The lowest BCUT2D eigenvalue weighted by Crippen LogP contribution is -2.42. The van der Waals surface area contributed by atoms with Gasteiger partial charge in [-0.3, -0.25) is 19.6 Å². The molecule has 2 N–H and O–H groups in total. The van der Waals surface area contributed by atoms with Crippen LogP contribution in [0.2, 0.25) is 0 Å². The summed E-state index contributed by atoms with van der Waals surface area (Å²) in [7, 11) is 1.83. The third-order valence-electron chi connectivity index (χ3n) is 7.66. The fraction of sp³-hybridized carbons (Fsp3) is 0.467. The zero-order valence-corrected chi connectivity index (χ0v) is 22.3. The second-order valence-electron chi connectivity index (χ2n) is 10.5. The molecule has 0 radical (unpaired) electrons. The highest BCUT2D eigenvalue weighted by Crippen LogP contribution is 2.33. The minimum Gasteiger partial charge on any atom is -0.319 e. The van der Waals surface area contributed by atoms with Crippen molar-refractivity contribution >= 4 is 11.6 Å². The van der Waals surface area contributed by atoms with Crippen LogP contribution in [0.15, 0.2) is 59.4 Å². The summed E-state index contributed by atoms with van der Waals surface area (Å²) in [6.45, 7) is 8.03. The SMILES string of the molecule is Cc1c(NC(=O)C(C)NC(c2ccc(C3CCCCC3)cc2)C(C)C)c(=O)n(-c2ccccc2)n1C. The lowest BCUT2D eigenvalue weighted by molar-refractivity contribution is -0.118. The van der Waals surface area contributed by atoms with Gasteiger partial charge in [0.2, 0.25) is 5.91 Å². The van der Waals surface area contributed by atoms with Crippen molar-refractivity contribution in [2.24, 2.45) is 13.0 Å². The molecule has 1 fully saturated rings. The third-order valence-corrected chi connectivity index (χ3v) is 7.66. The zero-order valence-electron chi connectivity index (χ0n) is 22.3. The van der Waals surface area contributed by atoms with Gasteiger partial charge in [-0.25, -0.2) is 4.68 Å². The van der Waals surface area contributed by atoms with E-state index in [2.05, 4.69) is 48.7 Å². The van der Waals surface area contributed by atoms with Gasteiger partial charge in [-0.15, -0.1) is 0 Å². The Morgan fingerprint density at radius 2 is 1.58 bits per heavy atom. The van der Waals surface area contributed by atoms with Crippen molar-refractivity contribution in [3.05, 3.63) is 81.8 Å². The molecule has 192 valence electrons. The summed E-state index contributed by atoms with van der Waals surface area (Å²) in [5, 5.41) is 6.42. The summed E-state index contributed by atoms with van der Waals surface area (Å²) in [5.41, 5.74) is 4.17. The fourth-order valence-electron chi connectivity index (χ4n) is 5.37. The van der Waals surface area contributed by atoms with Gasteiger partial charge in [-0.05, 0) is 61.8 Å². The first-order chi connectivity index (χ1) is 17.3. The van der Waals surface area contributed by atoms with Crippen molar-refractivity contribution in [3.8, 4) is 5.69 Å². The van der Waals surface area contributed by atoms with E-state index in [-0.39, 0.29) is 17.5 Å². The second-order valence-corrected chi connectivity index (χ2v) is 10.5. The van der Waals surface area contributed by atoms with Crippen molar-refractivity contribution in [2.75, 3.05) is 5.32 Å². The molecule has 4 rings (SSSR count). The maximum atomic E-state index is 13.2. The molecular weight excluding hydrogens is 448 g/mol. The number of para-hydroxylation sites is 1. The van der Waals surface area contributed by atoms with Crippen LogP contribution in [0, 0.1) is 12.8 Å². The van der Waals surface area contributed by atoms with Crippen LogP contribution in [0.3, 0.4) is 0 Å². The van der Waals surface area contributed by atoms with Crippen LogP contribution >= 0.6 is 0 Å². The van der Waals surface area contributed by atoms with Crippen LogP contribution in [0.4, 0.5) is 5.69 Å². The Hall–Kier alpha value is -3.12. The predicted molar refractivity (Wildman–Crippen MR) is 147 cm³/mol. The van der Waals surface area contributed by atoms with Gasteiger partial charge in [-0.2, -0.15) is 0 Å². The Bertz CT molecular complexity index is 1220. The van der Waals surface area contributed by atoms with E-state index in [9.17, 15) is 9.59 Å². The number of carbonyl (C=O) groups is 1. The smallest absolute Gasteiger partial charge is 0.295 e. The minimum atomic E-state index is -0.473. The molecule has 36 heavy (non-hydrogen) atoms. The number of aromatic nitrogens is 2. The summed E-state index contributed by atoms with van der Waals surface area (Å²) in [6.07, 6.45) is 6.58. The number of nitrogens with zero attached hydrogens (tertiary/aromatic N) is 2. The molecule has 0 bridgehead atoms. The van der Waals surface area contributed by atoms with E-state index in [1.807, 2.05) is 51.2 Å². The normalized spacial score (nSPS) is 16.2. The van der Waals surface area contributed by atoms with Crippen LogP contribution in [-0.4, -0.2) is 21.3 Å². The second kappa shape index (κ2) is 11.3. The lowest BCUT2D eigenvalue weighted by atomic mass is 9.83. The number of anilines is 1. The van der Waals surface area contributed by atoms with E-state index in [0.29, 0.717) is 23.2 Å². The van der Waals surface area contributed by atoms with E-state index < -0.39 is 6.04 Å². The number of rotatable bonds is 8. The molecule has 1 saturated carbocycles. The van der Waals surface area contributed by atoms with Crippen LogP contribution in [-0.2, 0) is 11.8 Å². The fourth-order valence-corrected chi connectivity index (χ4v) is 5.37. The van der Waals surface area contributed by atoms with E-state index in [4.69, 9.17) is 0 Å². The highest BCUT2D eigenvalue weighted by atomic mass is 16.2. The Balaban J connectivity index is 1.48. The van der Waals surface area contributed by atoms with Crippen molar-refractivity contribution < 1.29 is 4.79 Å². The summed E-state index contributed by atoms with van der Waals surface area (Å²) < 4.78 is 3.35. The maximum absolute atomic E-state index is 13.2. The van der Waals surface area contributed by atoms with Crippen molar-refractivity contribution in [1.29, 1.82) is 0 Å². The van der Waals surface area contributed by atoms with Crippen molar-refractivity contribution in [3.63, 3.8) is 0 Å². The summed E-state index contributed by atoms with van der Waals surface area (Å²) in [5.74, 6) is 0.761. The quantitative estimate of drug-likeness (QED) is 0.418. The van der Waals surface area contributed by atoms with Gasteiger partial charge in [0.05, 0.1) is 17.4 Å². The van der Waals surface area contributed by atoms with Gasteiger partial charge in [-0.1, -0.05) is 75.6 Å². The first-order valence-electron chi connectivity index (χ1n) is 13.3. The van der Waals surface area contributed by atoms with Gasteiger partial charge in [0.25, 0.3) is 5.56 Å². The summed E-state index contributed by atoms with van der Waals surface area (Å²) in [4.78, 5) is 26.4. The monoisotopic (exact) mass is 488 g/mol. The van der Waals surface area contributed by atoms with Gasteiger partial charge >= 0.3 is 0 Å². The molecule has 1 amide bonds.